The van der Waals surface area contributed by atoms with Crippen LogP contribution in [0.25, 0.3) is 0 Å². The Morgan fingerprint density at radius 3 is 2.36 bits per heavy atom. The topological polar surface area (TPSA) is 88.4 Å². The molecule has 0 radical (unpaired) electrons. The molecule has 2 rings (SSSR count). The summed E-state index contributed by atoms with van der Waals surface area (Å²) in [5, 5.41) is 10.5. The second kappa shape index (κ2) is 9.18. The predicted molar refractivity (Wildman–Crippen MR) is 110 cm³/mol. The smallest absolute Gasteiger partial charge is 0.191 e. The van der Waals surface area contributed by atoms with E-state index >= 15 is 0 Å². The van der Waals surface area contributed by atoms with Crippen LogP contribution in [-0.2, 0) is 30.0 Å². The van der Waals surface area contributed by atoms with Gasteiger partial charge < -0.3 is 10.6 Å². The highest BCUT2D eigenvalue weighted by Gasteiger charge is 2.11. The van der Waals surface area contributed by atoms with E-state index in [1.54, 1.807) is 30.9 Å². The summed E-state index contributed by atoms with van der Waals surface area (Å²) in [5.41, 5.74) is 2.80. The quantitative estimate of drug-likeness (QED) is 0.388. The molecule has 0 amide bonds. The van der Waals surface area contributed by atoms with Crippen LogP contribution in [0.1, 0.15) is 16.7 Å². The molecule has 0 aliphatic heterocycles. The number of aryl methyl sites for hydroxylation is 2. The lowest BCUT2D eigenvalue weighted by atomic mass is 10.1. The lowest BCUT2D eigenvalue weighted by molar-refractivity contribution is 0.601. The highest BCUT2D eigenvalue weighted by molar-refractivity contribution is 14.0. The Morgan fingerprint density at radius 2 is 1.88 bits per heavy atom. The number of benzene rings is 1. The largest absolute Gasteiger partial charge is 0.352 e. The van der Waals surface area contributed by atoms with Gasteiger partial charge in [0.15, 0.2) is 15.8 Å². The van der Waals surface area contributed by atoms with Gasteiger partial charge in [-0.25, -0.2) is 8.42 Å². The molecule has 138 valence electrons. The molecule has 0 bridgehead atoms. The molecule has 0 saturated heterocycles. The maximum atomic E-state index is 11.6. The number of guanidine groups is 1. The van der Waals surface area contributed by atoms with Crippen molar-refractivity contribution >= 4 is 39.8 Å². The van der Waals surface area contributed by atoms with Crippen molar-refractivity contribution in [2.45, 2.75) is 24.9 Å². The first-order valence-corrected chi connectivity index (χ1v) is 9.40. The molecule has 2 aromatic rings. The first kappa shape index (κ1) is 21.4. The van der Waals surface area contributed by atoms with Gasteiger partial charge in [0, 0.05) is 45.2 Å². The molecular formula is C16H24IN5O2S. The predicted octanol–water partition coefficient (Wildman–Crippen LogP) is 1.62. The first-order valence-electron chi connectivity index (χ1n) is 7.51. The number of aromatic nitrogens is 2. The molecule has 0 aliphatic carbocycles. The molecule has 2 N–H and O–H groups in total. The Balaban J connectivity index is 0.00000312. The second-order valence-electron chi connectivity index (χ2n) is 5.67. The Morgan fingerprint density at radius 1 is 1.24 bits per heavy atom. The highest BCUT2D eigenvalue weighted by Crippen LogP contribution is 2.16. The summed E-state index contributed by atoms with van der Waals surface area (Å²) in [5.74, 6) is 0.670. The van der Waals surface area contributed by atoms with Crippen LogP contribution in [0.3, 0.4) is 0 Å². The molecule has 1 aromatic carbocycles. The van der Waals surface area contributed by atoms with Crippen molar-refractivity contribution in [2.24, 2.45) is 12.0 Å². The molecule has 0 unspecified atom stereocenters. The van der Waals surface area contributed by atoms with Crippen LogP contribution in [0.4, 0.5) is 0 Å². The number of nitrogens with one attached hydrogen (secondary N) is 2. The van der Waals surface area contributed by atoms with Gasteiger partial charge in [-0.3, -0.25) is 9.67 Å². The van der Waals surface area contributed by atoms with E-state index in [9.17, 15) is 8.42 Å². The molecule has 7 nitrogen and oxygen atoms in total. The van der Waals surface area contributed by atoms with Crippen molar-refractivity contribution in [1.29, 1.82) is 0 Å². The van der Waals surface area contributed by atoms with Crippen molar-refractivity contribution in [2.75, 3.05) is 13.3 Å². The van der Waals surface area contributed by atoms with Crippen LogP contribution >= 0.6 is 24.0 Å². The average Bonchev–Trinajstić information content (AvgIpc) is 2.92. The summed E-state index contributed by atoms with van der Waals surface area (Å²) >= 11 is 0. The van der Waals surface area contributed by atoms with Crippen LogP contribution in [0.15, 0.2) is 40.5 Å². The summed E-state index contributed by atoms with van der Waals surface area (Å²) in [7, 11) is 0.391. The summed E-state index contributed by atoms with van der Waals surface area (Å²) in [6.45, 7) is 2.98. The summed E-state index contributed by atoms with van der Waals surface area (Å²) in [4.78, 5) is 4.54. The van der Waals surface area contributed by atoms with Crippen molar-refractivity contribution in [1.82, 2.24) is 20.4 Å². The van der Waals surface area contributed by atoms with Gasteiger partial charge in [-0.1, -0.05) is 12.1 Å². The third kappa shape index (κ3) is 6.31. The number of aliphatic imine (C=N–C) groups is 1. The average molecular weight is 477 g/mol. The molecule has 0 aliphatic rings. The number of sulfone groups is 1. The van der Waals surface area contributed by atoms with E-state index in [4.69, 9.17) is 0 Å². The second-order valence-corrected chi connectivity index (χ2v) is 7.66. The third-order valence-corrected chi connectivity index (χ3v) is 4.80. The normalized spacial score (nSPS) is 11.8. The van der Waals surface area contributed by atoms with E-state index < -0.39 is 9.84 Å². The Bertz CT molecular complexity index is 846. The van der Waals surface area contributed by atoms with Gasteiger partial charge in [0.05, 0.1) is 11.1 Å². The molecule has 0 spiro atoms. The SMILES string of the molecule is CN=C(NCc1ccc(S(C)(=O)=O)c(C)c1)NCc1cnn(C)c1.I. The lowest BCUT2D eigenvalue weighted by Gasteiger charge is -2.12. The van der Waals surface area contributed by atoms with Crippen molar-refractivity contribution in [3.05, 3.63) is 47.3 Å². The number of nitrogens with zero attached hydrogens (tertiary/aromatic N) is 3. The number of hydrogen-bond donors (Lipinski definition) is 2. The van der Waals surface area contributed by atoms with Gasteiger partial charge in [-0.15, -0.1) is 24.0 Å². The molecule has 1 aromatic heterocycles. The highest BCUT2D eigenvalue weighted by atomic mass is 127. The van der Waals surface area contributed by atoms with Crippen LogP contribution in [-0.4, -0.2) is 37.5 Å². The van der Waals surface area contributed by atoms with Gasteiger partial charge in [0.2, 0.25) is 0 Å². The third-order valence-electron chi connectivity index (χ3n) is 3.54. The molecule has 0 fully saturated rings. The van der Waals surface area contributed by atoms with E-state index in [1.807, 2.05) is 25.4 Å². The van der Waals surface area contributed by atoms with E-state index in [1.165, 1.54) is 6.26 Å². The molecule has 25 heavy (non-hydrogen) atoms. The van der Waals surface area contributed by atoms with Crippen LogP contribution < -0.4 is 10.6 Å². The number of rotatable bonds is 5. The van der Waals surface area contributed by atoms with Crippen molar-refractivity contribution < 1.29 is 8.42 Å². The van der Waals surface area contributed by atoms with Gasteiger partial charge in [-0.2, -0.15) is 5.10 Å². The molecular weight excluding hydrogens is 453 g/mol. The minimum absolute atomic E-state index is 0. The minimum Gasteiger partial charge on any atom is -0.352 e. The summed E-state index contributed by atoms with van der Waals surface area (Å²) in [6, 6.07) is 5.33. The van der Waals surface area contributed by atoms with Crippen LogP contribution in [0.5, 0.6) is 0 Å². The summed E-state index contributed by atoms with van der Waals surface area (Å²) < 4.78 is 25.0. The van der Waals surface area contributed by atoms with Gasteiger partial charge in [0.1, 0.15) is 0 Å². The first-order chi connectivity index (χ1) is 11.3. The van der Waals surface area contributed by atoms with Gasteiger partial charge in [-0.05, 0) is 24.1 Å². The fourth-order valence-corrected chi connectivity index (χ4v) is 3.35. The molecule has 9 heteroatoms. The number of halogens is 1. The van der Waals surface area contributed by atoms with Gasteiger partial charge >= 0.3 is 0 Å². The lowest BCUT2D eigenvalue weighted by Crippen LogP contribution is -2.36. The Kier molecular flexibility index (Phi) is 7.87. The zero-order chi connectivity index (χ0) is 17.7. The van der Waals surface area contributed by atoms with E-state index in [0.717, 1.165) is 16.7 Å². The summed E-state index contributed by atoms with van der Waals surface area (Å²) in [6.07, 6.45) is 4.96. The zero-order valence-electron chi connectivity index (χ0n) is 14.8. The minimum atomic E-state index is -3.19. The Hall–Kier alpha value is -1.62. The monoisotopic (exact) mass is 477 g/mol. The van der Waals surface area contributed by atoms with Gasteiger partial charge in [0.25, 0.3) is 0 Å². The van der Waals surface area contributed by atoms with E-state index in [-0.39, 0.29) is 24.0 Å². The van der Waals surface area contributed by atoms with E-state index in [0.29, 0.717) is 23.9 Å². The fourth-order valence-electron chi connectivity index (χ4n) is 2.39. The van der Waals surface area contributed by atoms with Crippen LogP contribution in [0, 0.1) is 6.92 Å². The number of hydrogen-bond acceptors (Lipinski definition) is 4. The fraction of sp³-hybridized carbons (Fsp3) is 0.375. The standard InChI is InChI=1S/C16H23N5O2S.HI/c1-12-7-13(5-6-15(12)24(4,22)23)8-18-16(17-2)19-9-14-10-20-21(3)11-14;/h5-7,10-11H,8-9H2,1-4H3,(H2,17,18,19);1H. The Labute approximate surface area is 165 Å². The molecule has 1 heterocycles. The molecule has 0 saturated carbocycles. The van der Waals surface area contributed by atoms with Crippen molar-refractivity contribution in [3.63, 3.8) is 0 Å². The van der Waals surface area contributed by atoms with Crippen molar-refractivity contribution in [3.8, 4) is 0 Å². The maximum absolute atomic E-state index is 11.6. The maximum Gasteiger partial charge on any atom is 0.191 e. The van der Waals surface area contributed by atoms with Crippen LogP contribution in [0.2, 0.25) is 0 Å². The molecule has 0 atom stereocenters. The van der Waals surface area contributed by atoms with E-state index in [2.05, 4.69) is 20.7 Å². The zero-order valence-corrected chi connectivity index (χ0v) is 17.9.